The van der Waals surface area contributed by atoms with Crippen LogP contribution < -0.4 is 5.32 Å². The van der Waals surface area contributed by atoms with E-state index in [0.29, 0.717) is 0 Å². The number of amidine groups is 1. The molecule has 0 radical (unpaired) electrons. The molecule has 0 saturated heterocycles. The molecule has 5 unspecified atom stereocenters. The van der Waals surface area contributed by atoms with E-state index < -0.39 is 0 Å². The minimum absolute atomic E-state index is 0.824. The van der Waals surface area contributed by atoms with Gasteiger partial charge in [-0.15, -0.1) is 0 Å². The first-order valence-corrected chi connectivity index (χ1v) is 8.26. The smallest absolute Gasteiger partial charge is 0.157 e. The van der Waals surface area contributed by atoms with E-state index in [1.807, 2.05) is 11.8 Å². The van der Waals surface area contributed by atoms with Gasteiger partial charge in [0, 0.05) is 11.3 Å². The number of rotatable bonds is 2. The standard InChI is InChI=1S/C14H20N2S/c1-2-7(1)10-6-15-14(17-10)16-13-11-8-3-4-9(5-8)12(11)13/h7-13H,1-6H2,(H,15,16). The molecule has 3 heteroatoms. The van der Waals surface area contributed by atoms with Gasteiger partial charge in [0.25, 0.3) is 0 Å². The quantitative estimate of drug-likeness (QED) is 0.812. The first kappa shape index (κ1) is 9.71. The van der Waals surface area contributed by atoms with Crippen LogP contribution in [0.1, 0.15) is 32.1 Å². The first-order chi connectivity index (χ1) is 8.40. The minimum Gasteiger partial charge on any atom is -0.362 e. The Morgan fingerprint density at radius 1 is 1.00 bits per heavy atom. The van der Waals surface area contributed by atoms with Crippen molar-refractivity contribution in [3.05, 3.63) is 0 Å². The van der Waals surface area contributed by atoms with Crippen LogP contribution in [-0.2, 0) is 0 Å². The van der Waals surface area contributed by atoms with Crippen LogP contribution in [0.25, 0.3) is 0 Å². The molecule has 0 spiro atoms. The fraction of sp³-hybridized carbons (Fsp3) is 0.929. The second-order valence-electron chi connectivity index (χ2n) is 6.80. The van der Waals surface area contributed by atoms with Crippen LogP contribution in [0.4, 0.5) is 0 Å². The molecule has 0 amide bonds. The topological polar surface area (TPSA) is 24.4 Å². The molecule has 5 rings (SSSR count). The highest BCUT2D eigenvalue weighted by atomic mass is 32.2. The summed E-state index contributed by atoms with van der Waals surface area (Å²) in [5.41, 5.74) is 0. The van der Waals surface area contributed by atoms with Gasteiger partial charge in [-0.1, -0.05) is 11.8 Å². The van der Waals surface area contributed by atoms with Crippen LogP contribution in [0.2, 0.25) is 0 Å². The van der Waals surface area contributed by atoms with Gasteiger partial charge in [0.15, 0.2) is 5.17 Å². The molecule has 4 fully saturated rings. The Balaban J connectivity index is 1.23. The number of fused-ring (bicyclic) bond motifs is 5. The maximum atomic E-state index is 4.72. The van der Waals surface area contributed by atoms with Gasteiger partial charge < -0.3 is 5.32 Å². The summed E-state index contributed by atoms with van der Waals surface area (Å²) in [5, 5.41) is 5.90. The van der Waals surface area contributed by atoms with Crippen LogP contribution in [-0.4, -0.2) is 23.0 Å². The van der Waals surface area contributed by atoms with E-state index in [1.54, 1.807) is 6.42 Å². The van der Waals surface area contributed by atoms with Crippen molar-refractivity contribution in [2.75, 3.05) is 6.54 Å². The molecule has 1 aliphatic heterocycles. The van der Waals surface area contributed by atoms with Crippen molar-refractivity contribution in [3.63, 3.8) is 0 Å². The van der Waals surface area contributed by atoms with Gasteiger partial charge in [0.2, 0.25) is 0 Å². The average Bonchev–Trinajstić information content (AvgIpc) is 3.16. The zero-order valence-corrected chi connectivity index (χ0v) is 11.0. The summed E-state index contributed by atoms with van der Waals surface area (Å²) >= 11 is 2.05. The normalized spacial score (nSPS) is 54.7. The molecular formula is C14H20N2S. The summed E-state index contributed by atoms with van der Waals surface area (Å²) in [6.45, 7) is 1.09. The number of hydrogen-bond acceptors (Lipinski definition) is 3. The van der Waals surface area contributed by atoms with Gasteiger partial charge in [-0.05, 0) is 61.7 Å². The predicted molar refractivity (Wildman–Crippen MR) is 71.1 cm³/mol. The lowest BCUT2D eigenvalue weighted by molar-refractivity contribution is 0.456. The third-order valence-corrected chi connectivity index (χ3v) is 7.16. The number of aliphatic imine (C=N–C) groups is 1. The van der Waals surface area contributed by atoms with Crippen LogP contribution in [0.3, 0.4) is 0 Å². The lowest BCUT2D eigenvalue weighted by Crippen LogP contribution is -2.27. The van der Waals surface area contributed by atoms with Crippen molar-refractivity contribution in [3.8, 4) is 0 Å². The molecule has 2 nitrogen and oxygen atoms in total. The number of nitrogens with one attached hydrogen (secondary N) is 1. The Labute approximate surface area is 107 Å². The molecule has 0 aromatic rings. The molecule has 92 valence electrons. The van der Waals surface area contributed by atoms with E-state index in [4.69, 9.17) is 4.99 Å². The molecular weight excluding hydrogens is 228 g/mol. The van der Waals surface area contributed by atoms with Gasteiger partial charge in [-0.25, -0.2) is 0 Å². The van der Waals surface area contributed by atoms with E-state index in [2.05, 4.69) is 5.32 Å². The molecule has 5 aliphatic rings. The molecule has 0 aromatic carbocycles. The zero-order chi connectivity index (χ0) is 11.0. The van der Waals surface area contributed by atoms with Crippen molar-refractivity contribution < 1.29 is 0 Å². The summed E-state index contributed by atoms with van der Waals surface area (Å²) in [5.74, 6) is 5.23. The molecule has 4 saturated carbocycles. The van der Waals surface area contributed by atoms with Crippen molar-refractivity contribution in [1.82, 2.24) is 5.32 Å². The zero-order valence-electron chi connectivity index (χ0n) is 10.1. The lowest BCUT2D eigenvalue weighted by atomic mass is 10.0. The number of nitrogens with zero attached hydrogens (tertiary/aromatic N) is 1. The van der Waals surface area contributed by atoms with Crippen molar-refractivity contribution in [2.45, 2.75) is 43.4 Å². The number of hydrogen-bond donors (Lipinski definition) is 1. The molecule has 2 bridgehead atoms. The Morgan fingerprint density at radius 2 is 1.71 bits per heavy atom. The highest BCUT2D eigenvalue weighted by Gasteiger charge is 2.65. The van der Waals surface area contributed by atoms with E-state index in [9.17, 15) is 0 Å². The summed E-state index contributed by atoms with van der Waals surface area (Å²) < 4.78 is 0. The third-order valence-electron chi connectivity index (χ3n) is 5.85. The van der Waals surface area contributed by atoms with Crippen LogP contribution in [0, 0.1) is 29.6 Å². The van der Waals surface area contributed by atoms with E-state index in [1.165, 1.54) is 30.9 Å². The summed E-state index contributed by atoms with van der Waals surface area (Å²) in [7, 11) is 0. The van der Waals surface area contributed by atoms with Gasteiger partial charge in [-0.3, -0.25) is 4.99 Å². The fourth-order valence-corrected chi connectivity index (χ4v) is 6.10. The molecule has 5 atom stereocenters. The van der Waals surface area contributed by atoms with Gasteiger partial charge in [-0.2, -0.15) is 0 Å². The third kappa shape index (κ3) is 1.38. The van der Waals surface area contributed by atoms with E-state index in [0.717, 1.165) is 47.4 Å². The van der Waals surface area contributed by atoms with Crippen LogP contribution >= 0.6 is 11.8 Å². The van der Waals surface area contributed by atoms with Gasteiger partial charge in [0.05, 0.1) is 6.54 Å². The van der Waals surface area contributed by atoms with Gasteiger partial charge in [0.1, 0.15) is 0 Å². The lowest BCUT2D eigenvalue weighted by Gasteiger charge is -2.12. The van der Waals surface area contributed by atoms with Crippen molar-refractivity contribution in [1.29, 1.82) is 0 Å². The average molecular weight is 248 g/mol. The van der Waals surface area contributed by atoms with E-state index in [-0.39, 0.29) is 0 Å². The van der Waals surface area contributed by atoms with Crippen molar-refractivity contribution >= 4 is 16.9 Å². The second-order valence-corrected chi connectivity index (χ2v) is 8.03. The highest BCUT2D eigenvalue weighted by molar-refractivity contribution is 8.14. The molecule has 4 aliphatic carbocycles. The van der Waals surface area contributed by atoms with Crippen molar-refractivity contribution in [2.24, 2.45) is 34.6 Å². The Bertz CT molecular complexity index is 374. The second kappa shape index (κ2) is 3.23. The monoisotopic (exact) mass is 248 g/mol. The maximum Gasteiger partial charge on any atom is 0.157 e. The molecule has 1 heterocycles. The highest BCUT2D eigenvalue weighted by Crippen LogP contribution is 2.65. The molecule has 0 aromatic heterocycles. The maximum absolute atomic E-state index is 4.72. The largest absolute Gasteiger partial charge is 0.362 e. The fourth-order valence-electron chi connectivity index (χ4n) is 4.84. The number of thioether (sulfide) groups is 1. The molecule has 17 heavy (non-hydrogen) atoms. The Morgan fingerprint density at radius 3 is 2.41 bits per heavy atom. The predicted octanol–water partition coefficient (Wildman–Crippen LogP) is 2.50. The van der Waals surface area contributed by atoms with Gasteiger partial charge >= 0.3 is 0 Å². The first-order valence-electron chi connectivity index (χ1n) is 7.38. The summed E-state index contributed by atoms with van der Waals surface area (Å²) in [4.78, 5) is 4.72. The Kier molecular flexibility index (Phi) is 1.84. The SMILES string of the molecule is C1CC1C1CN=C(NC2C3C4CCC(C4)C23)S1. The van der Waals surface area contributed by atoms with Crippen LogP contribution in [0.5, 0.6) is 0 Å². The summed E-state index contributed by atoms with van der Waals surface area (Å²) in [6.07, 6.45) is 7.51. The van der Waals surface area contributed by atoms with E-state index >= 15 is 0 Å². The minimum atomic E-state index is 0.824. The molecule has 1 N–H and O–H groups in total. The van der Waals surface area contributed by atoms with Crippen LogP contribution in [0.15, 0.2) is 4.99 Å². The summed E-state index contributed by atoms with van der Waals surface area (Å²) in [6, 6.07) is 0.824. The Hall–Kier alpha value is -0.180.